The van der Waals surface area contributed by atoms with Crippen LogP contribution in [0.1, 0.15) is 10.4 Å². The van der Waals surface area contributed by atoms with Gasteiger partial charge in [0.25, 0.3) is 5.91 Å². The maximum atomic E-state index is 12.0. The van der Waals surface area contributed by atoms with Crippen molar-refractivity contribution in [1.29, 1.82) is 0 Å². The summed E-state index contributed by atoms with van der Waals surface area (Å²) in [4.78, 5) is 23.9. The molecule has 0 aliphatic heterocycles. The molecule has 6 heteroatoms. The molecule has 0 fully saturated rings. The molecule has 1 amide bonds. The first-order valence-electron chi connectivity index (χ1n) is 8.58. The third kappa shape index (κ3) is 5.35. The van der Waals surface area contributed by atoms with E-state index in [1.54, 1.807) is 48.5 Å². The molecule has 3 aromatic rings. The summed E-state index contributed by atoms with van der Waals surface area (Å²) in [6.45, 7) is -0.382. The van der Waals surface area contributed by atoms with Gasteiger partial charge >= 0.3 is 5.97 Å². The second-order valence-electron chi connectivity index (χ2n) is 5.79. The van der Waals surface area contributed by atoms with Gasteiger partial charge in [0.05, 0.1) is 12.7 Å². The first-order valence-corrected chi connectivity index (χ1v) is 8.58. The highest BCUT2D eigenvalue weighted by molar-refractivity contribution is 5.95. The number of nitrogens with one attached hydrogen (secondary N) is 1. The number of methoxy groups -OCH3 is 1. The van der Waals surface area contributed by atoms with Crippen LogP contribution in [-0.4, -0.2) is 25.6 Å². The van der Waals surface area contributed by atoms with Gasteiger partial charge in [-0.15, -0.1) is 0 Å². The fraction of sp³-hybridized carbons (Fsp3) is 0.0909. The fourth-order valence-electron chi connectivity index (χ4n) is 2.37. The largest absolute Gasteiger partial charge is 0.497 e. The molecule has 0 aromatic heterocycles. The summed E-state index contributed by atoms with van der Waals surface area (Å²) >= 11 is 0. The highest BCUT2D eigenvalue weighted by Gasteiger charge is 2.10. The lowest BCUT2D eigenvalue weighted by Crippen LogP contribution is -2.20. The molecular weight excluding hydrogens is 358 g/mol. The average Bonchev–Trinajstić information content (AvgIpc) is 2.74. The zero-order valence-corrected chi connectivity index (χ0v) is 15.3. The van der Waals surface area contributed by atoms with Crippen LogP contribution in [0.15, 0.2) is 78.9 Å². The molecule has 1 N–H and O–H groups in total. The minimum atomic E-state index is -0.579. The molecule has 0 saturated heterocycles. The predicted molar refractivity (Wildman–Crippen MR) is 105 cm³/mol. The van der Waals surface area contributed by atoms with Crippen LogP contribution in [0, 0.1) is 0 Å². The van der Waals surface area contributed by atoms with Crippen LogP contribution in [0.25, 0.3) is 0 Å². The molecule has 0 aliphatic carbocycles. The van der Waals surface area contributed by atoms with Crippen molar-refractivity contribution in [1.82, 2.24) is 0 Å². The smallest absolute Gasteiger partial charge is 0.338 e. The van der Waals surface area contributed by atoms with Crippen LogP contribution in [0.5, 0.6) is 17.2 Å². The molecule has 0 atom stereocenters. The van der Waals surface area contributed by atoms with Crippen molar-refractivity contribution in [2.75, 3.05) is 19.0 Å². The Hall–Kier alpha value is -3.80. The van der Waals surface area contributed by atoms with Crippen molar-refractivity contribution in [3.05, 3.63) is 84.4 Å². The molecule has 0 saturated carbocycles. The number of carbonyl (C=O) groups excluding carboxylic acids is 2. The molecule has 0 bridgehead atoms. The third-order valence-electron chi connectivity index (χ3n) is 3.78. The fourth-order valence-corrected chi connectivity index (χ4v) is 2.37. The zero-order valence-electron chi connectivity index (χ0n) is 15.3. The Morgan fingerprint density at radius 1 is 0.786 bits per heavy atom. The van der Waals surface area contributed by atoms with Gasteiger partial charge in [0.1, 0.15) is 17.2 Å². The zero-order chi connectivity index (χ0) is 19.8. The number of anilines is 1. The predicted octanol–water partition coefficient (Wildman–Crippen LogP) is 4.28. The van der Waals surface area contributed by atoms with E-state index in [9.17, 15) is 9.59 Å². The first kappa shape index (κ1) is 19.0. The van der Waals surface area contributed by atoms with Gasteiger partial charge in [-0.3, -0.25) is 4.79 Å². The van der Waals surface area contributed by atoms with Crippen LogP contribution in [0.3, 0.4) is 0 Å². The molecule has 3 aromatic carbocycles. The highest BCUT2D eigenvalue weighted by atomic mass is 16.5. The number of para-hydroxylation sites is 1. The van der Waals surface area contributed by atoms with E-state index in [1.165, 1.54) is 7.11 Å². The average molecular weight is 377 g/mol. The van der Waals surface area contributed by atoms with E-state index in [0.717, 1.165) is 5.75 Å². The van der Waals surface area contributed by atoms with Gasteiger partial charge in [0.15, 0.2) is 6.61 Å². The lowest BCUT2D eigenvalue weighted by atomic mass is 10.2. The minimum Gasteiger partial charge on any atom is -0.497 e. The molecule has 6 nitrogen and oxygen atoms in total. The second-order valence-corrected chi connectivity index (χ2v) is 5.79. The third-order valence-corrected chi connectivity index (χ3v) is 3.78. The van der Waals surface area contributed by atoms with Gasteiger partial charge in [-0.05, 0) is 60.7 Å². The summed E-state index contributed by atoms with van der Waals surface area (Å²) in [5.74, 6) is 0.997. The maximum absolute atomic E-state index is 12.0. The monoisotopic (exact) mass is 377 g/mol. The Labute approximate surface area is 162 Å². The number of ether oxygens (including phenoxy) is 3. The molecule has 3 rings (SSSR count). The molecular formula is C22H19NO5. The van der Waals surface area contributed by atoms with E-state index in [1.807, 2.05) is 30.3 Å². The number of hydrogen-bond donors (Lipinski definition) is 1. The van der Waals surface area contributed by atoms with Crippen molar-refractivity contribution in [3.63, 3.8) is 0 Å². The van der Waals surface area contributed by atoms with E-state index in [4.69, 9.17) is 14.2 Å². The van der Waals surface area contributed by atoms with E-state index in [0.29, 0.717) is 22.7 Å². The van der Waals surface area contributed by atoms with E-state index in [-0.39, 0.29) is 6.61 Å². The number of amides is 1. The number of rotatable bonds is 7. The van der Waals surface area contributed by atoms with Gasteiger partial charge in [-0.25, -0.2) is 4.79 Å². The van der Waals surface area contributed by atoms with Gasteiger partial charge in [0, 0.05) is 5.69 Å². The molecule has 0 aliphatic rings. The van der Waals surface area contributed by atoms with E-state index < -0.39 is 11.9 Å². The molecule has 0 unspecified atom stereocenters. The number of benzene rings is 3. The van der Waals surface area contributed by atoms with Crippen molar-refractivity contribution < 1.29 is 23.8 Å². The molecule has 28 heavy (non-hydrogen) atoms. The molecule has 0 spiro atoms. The standard InChI is InChI=1S/C22H19NO5/c1-26-18-11-7-16(8-12-18)22(25)27-15-21(24)23-17-9-13-20(14-10-17)28-19-5-3-2-4-6-19/h2-14H,15H2,1H3,(H,23,24). The Bertz CT molecular complexity index is 921. The molecule has 0 heterocycles. The maximum Gasteiger partial charge on any atom is 0.338 e. The Morgan fingerprint density at radius 2 is 1.39 bits per heavy atom. The summed E-state index contributed by atoms with van der Waals surface area (Å²) < 4.78 is 15.7. The normalized spacial score (nSPS) is 10.0. The Balaban J connectivity index is 1.48. The van der Waals surface area contributed by atoms with Crippen molar-refractivity contribution in [2.24, 2.45) is 0 Å². The highest BCUT2D eigenvalue weighted by Crippen LogP contribution is 2.22. The number of esters is 1. The molecule has 0 radical (unpaired) electrons. The summed E-state index contributed by atoms with van der Waals surface area (Å²) in [5.41, 5.74) is 0.918. The van der Waals surface area contributed by atoms with Crippen molar-refractivity contribution >= 4 is 17.6 Å². The minimum absolute atomic E-state index is 0.344. The number of carbonyl (C=O) groups is 2. The lowest BCUT2D eigenvalue weighted by molar-refractivity contribution is -0.119. The van der Waals surface area contributed by atoms with Crippen LogP contribution in [-0.2, 0) is 9.53 Å². The van der Waals surface area contributed by atoms with Crippen LogP contribution in [0.4, 0.5) is 5.69 Å². The molecule has 142 valence electrons. The topological polar surface area (TPSA) is 73.9 Å². The second kappa shape index (κ2) is 9.23. The summed E-state index contributed by atoms with van der Waals surface area (Å²) in [6, 6.07) is 22.7. The Morgan fingerprint density at radius 3 is 2.04 bits per heavy atom. The van der Waals surface area contributed by atoms with Gasteiger partial charge < -0.3 is 19.5 Å². The lowest BCUT2D eigenvalue weighted by Gasteiger charge is -2.09. The Kier molecular flexibility index (Phi) is 6.25. The van der Waals surface area contributed by atoms with Crippen LogP contribution in [0.2, 0.25) is 0 Å². The number of hydrogen-bond acceptors (Lipinski definition) is 5. The van der Waals surface area contributed by atoms with Gasteiger partial charge in [0.2, 0.25) is 0 Å². The van der Waals surface area contributed by atoms with Crippen molar-refractivity contribution in [3.8, 4) is 17.2 Å². The first-order chi connectivity index (χ1) is 13.6. The van der Waals surface area contributed by atoms with Gasteiger partial charge in [-0.1, -0.05) is 18.2 Å². The van der Waals surface area contributed by atoms with Gasteiger partial charge in [-0.2, -0.15) is 0 Å². The summed E-state index contributed by atoms with van der Waals surface area (Å²) in [6.07, 6.45) is 0. The van der Waals surface area contributed by atoms with E-state index in [2.05, 4.69) is 5.32 Å². The van der Waals surface area contributed by atoms with Crippen LogP contribution >= 0.6 is 0 Å². The summed E-state index contributed by atoms with van der Waals surface area (Å²) in [5, 5.41) is 2.67. The van der Waals surface area contributed by atoms with Crippen molar-refractivity contribution in [2.45, 2.75) is 0 Å². The SMILES string of the molecule is COc1ccc(C(=O)OCC(=O)Nc2ccc(Oc3ccccc3)cc2)cc1. The van der Waals surface area contributed by atoms with Crippen LogP contribution < -0.4 is 14.8 Å². The van der Waals surface area contributed by atoms with E-state index >= 15 is 0 Å². The summed E-state index contributed by atoms with van der Waals surface area (Å²) in [7, 11) is 1.54. The quantitative estimate of drug-likeness (QED) is 0.622.